The van der Waals surface area contributed by atoms with Gasteiger partial charge in [-0.25, -0.2) is 17.6 Å². The molecule has 2 fully saturated rings. The Labute approximate surface area is 218 Å². The maximum Gasteiger partial charge on any atom is 0.254 e. The van der Waals surface area contributed by atoms with Crippen LogP contribution in [0.4, 0.5) is 17.6 Å². The van der Waals surface area contributed by atoms with Crippen LogP contribution in [-0.2, 0) is 6.42 Å². The normalized spacial score (nSPS) is 24.8. The second-order valence-electron chi connectivity index (χ2n) is 11.1. The number of nitrogens with zero attached hydrogens (tertiary/aromatic N) is 1. The molecule has 0 amide bonds. The van der Waals surface area contributed by atoms with Crippen molar-refractivity contribution in [1.29, 1.82) is 5.26 Å². The molecule has 0 spiro atoms. The van der Waals surface area contributed by atoms with Gasteiger partial charge < -0.3 is 0 Å². The maximum atomic E-state index is 15.2. The lowest BCUT2D eigenvalue weighted by Gasteiger charge is -2.39. The summed E-state index contributed by atoms with van der Waals surface area (Å²) in [6.07, 6.45) is 14.6. The number of nitriles is 1. The van der Waals surface area contributed by atoms with Crippen molar-refractivity contribution in [2.75, 3.05) is 0 Å². The van der Waals surface area contributed by atoms with E-state index in [1.807, 2.05) is 0 Å². The molecule has 0 N–H and O–H groups in total. The van der Waals surface area contributed by atoms with Gasteiger partial charge in [-0.2, -0.15) is 5.26 Å². The largest absolute Gasteiger partial charge is 0.254 e. The second-order valence-corrected chi connectivity index (χ2v) is 11.1. The molecule has 0 aliphatic heterocycles. The van der Waals surface area contributed by atoms with Crippen LogP contribution in [0.2, 0.25) is 0 Å². The van der Waals surface area contributed by atoms with Crippen LogP contribution >= 0.6 is 0 Å². The van der Waals surface area contributed by atoms with Gasteiger partial charge in [-0.15, -0.1) is 0 Å². The molecule has 2 aliphatic rings. The zero-order valence-electron chi connectivity index (χ0n) is 21.7. The van der Waals surface area contributed by atoms with Crippen molar-refractivity contribution in [1.82, 2.24) is 0 Å². The van der Waals surface area contributed by atoms with E-state index in [2.05, 4.69) is 19.1 Å². The highest BCUT2D eigenvalue weighted by molar-refractivity contribution is 5.65. The Hall–Kier alpha value is -2.61. The van der Waals surface area contributed by atoms with Gasteiger partial charge in [-0.3, -0.25) is 0 Å². The minimum Gasteiger partial charge on any atom is -0.206 e. The predicted octanol–water partition coefficient (Wildman–Crippen LogP) is 9.65. The molecular formula is C32H37F4N. The molecule has 5 heteroatoms. The van der Waals surface area contributed by atoms with E-state index in [1.165, 1.54) is 44.6 Å². The highest BCUT2D eigenvalue weighted by Crippen LogP contribution is 2.46. The Morgan fingerprint density at radius 2 is 1.43 bits per heavy atom. The Morgan fingerprint density at radius 3 is 1.97 bits per heavy atom. The van der Waals surface area contributed by atoms with Crippen LogP contribution in [0.15, 0.2) is 48.6 Å². The first-order chi connectivity index (χ1) is 17.8. The summed E-state index contributed by atoms with van der Waals surface area (Å²) in [4.78, 5) is 0. The number of allylic oxidation sites excluding steroid dienone is 2. The third kappa shape index (κ3) is 6.83. The molecule has 198 valence electrons. The number of alkyl halides is 2. The fraction of sp³-hybridized carbons (Fsp3) is 0.531. The third-order valence-electron chi connectivity index (χ3n) is 8.79. The molecule has 0 unspecified atom stereocenters. The third-order valence-corrected chi connectivity index (χ3v) is 8.79. The molecule has 0 saturated heterocycles. The smallest absolute Gasteiger partial charge is 0.206 e. The summed E-state index contributed by atoms with van der Waals surface area (Å²) in [5.41, 5.74) is 0.688. The SMILES string of the molecule is CC=CCCC1CCC(C2CCC(C(F)(F)Cc3ccc(-c4cc(F)c(C#N)c(F)c4)cc3)CC2)CC1. The topological polar surface area (TPSA) is 23.8 Å². The molecule has 37 heavy (non-hydrogen) atoms. The number of halogens is 4. The number of benzene rings is 2. The van der Waals surface area contributed by atoms with Gasteiger partial charge in [0.05, 0.1) is 0 Å². The van der Waals surface area contributed by atoms with Crippen molar-refractivity contribution in [3.8, 4) is 17.2 Å². The predicted molar refractivity (Wildman–Crippen MR) is 140 cm³/mol. The fourth-order valence-corrected chi connectivity index (χ4v) is 6.54. The van der Waals surface area contributed by atoms with Gasteiger partial charge in [0.1, 0.15) is 23.3 Å². The zero-order valence-corrected chi connectivity index (χ0v) is 21.7. The van der Waals surface area contributed by atoms with Crippen molar-refractivity contribution in [3.05, 3.63) is 71.3 Å². The quantitative estimate of drug-likeness (QED) is 0.256. The summed E-state index contributed by atoms with van der Waals surface area (Å²) in [5.74, 6) is -3.10. The number of hydrogen-bond acceptors (Lipinski definition) is 1. The zero-order chi connectivity index (χ0) is 26.4. The molecule has 4 rings (SSSR count). The van der Waals surface area contributed by atoms with Crippen molar-refractivity contribution in [2.24, 2.45) is 23.7 Å². The first kappa shape index (κ1) is 27.4. The summed E-state index contributed by atoms with van der Waals surface area (Å²) >= 11 is 0. The van der Waals surface area contributed by atoms with Gasteiger partial charge in [0.25, 0.3) is 5.92 Å². The van der Waals surface area contributed by atoms with E-state index in [1.54, 1.807) is 24.3 Å². The average Bonchev–Trinajstić information content (AvgIpc) is 2.89. The molecule has 0 bridgehead atoms. The van der Waals surface area contributed by atoms with Crippen molar-refractivity contribution in [2.45, 2.75) is 83.5 Å². The summed E-state index contributed by atoms with van der Waals surface area (Å²) in [6, 6.07) is 10.1. The van der Waals surface area contributed by atoms with Gasteiger partial charge in [0, 0.05) is 12.3 Å². The van der Waals surface area contributed by atoms with Gasteiger partial charge >= 0.3 is 0 Å². The average molecular weight is 512 g/mol. The van der Waals surface area contributed by atoms with Crippen LogP contribution in [0, 0.1) is 46.6 Å². The minimum absolute atomic E-state index is 0.275. The Kier molecular flexibility index (Phi) is 9.11. The molecule has 2 saturated carbocycles. The Morgan fingerprint density at radius 1 is 0.865 bits per heavy atom. The summed E-state index contributed by atoms with van der Waals surface area (Å²) in [5, 5.41) is 8.83. The molecule has 1 nitrogen and oxygen atoms in total. The van der Waals surface area contributed by atoms with E-state index in [0.717, 1.165) is 30.9 Å². The second kappa shape index (κ2) is 12.3. The lowest BCUT2D eigenvalue weighted by Crippen LogP contribution is -2.35. The van der Waals surface area contributed by atoms with Gasteiger partial charge in [0.15, 0.2) is 0 Å². The first-order valence-electron chi connectivity index (χ1n) is 13.8. The molecular weight excluding hydrogens is 474 g/mol. The van der Waals surface area contributed by atoms with E-state index in [-0.39, 0.29) is 12.0 Å². The van der Waals surface area contributed by atoms with E-state index in [0.29, 0.717) is 35.8 Å². The Bertz CT molecular complexity index is 1080. The number of hydrogen-bond donors (Lipinski definition) is 0. The van der Waals surface area contributed by atoms with Crippen molar-refractivity contribution >= 4 is 0 Å². The van der Waals surface area contributed by atoms with Gasteiger partial charge in [-0.05, 0) is 105 Å². The molecule has 2 aromatic carbocycles. The molecule has 0 heterocycles. The van der Waals surface area contributed by atoms with Crippen molar-refractivity contribution < 1.29 is 17.6 Å². The van der Waals surface area contributed by atoms with Crippen LogP contribution in [0.25, 0.3) is 11.1 Å². The summed E-state index contributed by atoms with van der Waals surface area (Å²) in [6.45, 7) is 2.07. The lowest BCUT2D eigenvalue weighted by molar-refractivity contribution is -0.0777. The molecule has 2 aliphatic carbocycles. The van der Waals surface area contributed by atoms with Crippen LogP contribution in [-0.4, -0.2) is 5.92 Å². The molecule has 0 radical (unpaired) electrons. The van der Waals surface area contributed by atoms with Crippen LogP contribution in [0.1, 0.15) is 82.3 Å². The lowest BCUT2D eigenvalue weighted by atomic mass is 9.67. The highest BCUT2D eigenvalue weighted by atomic mass is 19.3. The van der Waals surface area contributed by atoms with Gasteiger partial charge in [0.2, 0.25) is 0 Å². The van der Waals surface area contributed by atoms with Crippen LogP contribution < -0.4 is 0 Å². The molecule has 2 aromatic rings. The molecule has 0 aromatic heterocycles. The van der Waals surface area contributed by atoms with E-state index >= 15 is 8.78 Å². The van der Waals surface area contributed by atoms with E-state index in [4.69, 9.17) is 5.26 Å². The highest BCUT2D eigenvalue weighted by Gasteiger charge is 2.42. The van der Waals surface area contributed by atoms with Crippen LogP contribution in [0.3, 0.4) is 0 Å². The molecule has 0 atom stereocenters. The fourth-order valence-electron chi connectivity index (χ4n) is 6.54. The maximum absolute atomic E-state index is 15.2. The summed E-state index contributed by atoms with van der Waals surface area (Å²) in [7, 11) is 0. The number of rotatable bonds is 8. The van der Waals surface area contributed by atoms with Gasteiger partial charge in [-0.1, -0.05) is 49.3 Å². The first-order valence-corrected chi connectivity index (χ1v) is 13.8. The standard InChI is InChI=1S/C32H37F4N/c1-2-3-4-5-22-6-10-24(11-7-22)25-14-16-28(17-15-25)32(35,36)20-23-8-12-26(13-9-23)27-18-30(33)29(21-37)31(34)19-27/h2-3,8-9,12-13,18-19,22,24-25,28H,4-7,10-11,14-17,20H2,1H3. The van der Waals surface area contributed by atoms with Crippen LogP contribution in [0.5, 0.6) is 0 Å². The minimum atomic E-state index is -2.77. The monoisotopic (exact) mass is 511 g/mol. The van der Waals surface area contributed by atoms with E-state index < -0.39 is 29.0 Å². The van der Waals surface area contributed by atoms with E-state index in [9.17, 15) is 8.78 Å². The summed E-state index contributed by atoms with van der Waals surface area (Å²) < 4.78 is 58.4. The Balaban J connectivity index is 1.28. The van der Waals surface area contributed by atoms with Crippen molar-refractivity contribution in [3.63, 3.8) is 0 Å².